The van der Waals surface area contributed by atoms with E-state index in [9.17, 15) is 0 Å². The summed E-state index contributed by atoms with van der Waals surface area (Å²) in [5.41, 5.74) is 6.61. The van der Waals surface area contributed by atoms with Crippen molar-refractivity contribution >= 4 is 21.8 Å². The molecule has 0 radical (unpaired) electrons. The first kappa shape index (κ1) is 26.4. The maximum Gasteiger partial charge on any atom is 0.0786 e. The Morgan fingerprint density at radius 2 is 1.82 bits per heavy atom. The Morgan fingerprint density at radius 1 is 0.923 bits per heavy atom. The molecular formula is C33H44N6. The summed E-state index contributed by atoms with van der Waals surface area (Å²) in [4.78, 5) is 15.3. The fraction of sp³-hybridized carbons (Fsp3) is 0.515. The third-order valence-corrected chi connectivity index (χ3v) is 8.83. The first-order valence-electron chi connectivity index (χ1n) is 15.3. The van der Waals surface area contributed by atoms with Crippen LogP contribution in [0.15, 0.2) is 54.9 Å². The number of unbranched alkanes of at least 4 members (excludes halogenated alkanes) is 2. The van der Waals surface area contributed by atoms with Crippen molar-refractivity contribution in [3.05, 3.63) is 71.8 Å². The van der Waals surface area contributed by atoms with Gasteiger partial charge in [-0.2, -0.15) is 0 Å². The van der Waals surface area contributed by atoms with E-state index >= 15 is 0 Å². The number of aryl methyl sites for hydroxylation is 2. The highest BCUT2D eigenvalue weighted by atomic mass is 15.2. The van der Waals surface area contributed by atoms with Crippen molar-refractivity contribution in [2.24, 2.45) is 0 Å². The molecule has 3 aromatic heterocycles. The van der Waals surface area contributed by atoms with E-state index in [1.54, 1.807) is 0 Å². The molecular weight excluding hydrogens is 480 g/mol. The Labute approximate surface area is 233 Å². The van der Waals surface area contributed by atoms with E-state index in [0.717, 1.165) is 65.2 Å². The van der Waals surface area contributed by atoms with Crippen LogP contribution in [-0.2, 0) is 19.5 Å². The van der Waals surface area contributed by atoms with Crippen LogP contribution in [0.5, 0.6) is 0 Å². The lowest BCUT2D eigenvalue weighted by molar-refractivity contribution is 0.161. The molecule has 6 heteroatoms. The zero-order valence-corrected chi connectivity index (χ0v) is 23.6. The zero-order valence-electron chi connectivity index (χ0n) is 23.6. The van der Waals surface area contributed by atoms with Crippen LogP contribution in [0, 0.1) is 0 Å². The average Bonchev–Trinajstić information content (AvgIpc) is 3.31. The number of hydrogen-bond acceptors (Lipinski definition) is 5. The molecule has 4 aromatic rings. The smallest absolute Gasteiger partial charge is 0.0786 e. The highest BCUT2D eigenvalue weighted by molar-refractivity contribution is 6.08. The highest BCUT2D eigenvalue weighted by Crippen LogP contribution is 2.36. The molecule has 2 aliphatic rings. The van der Waals surface area contributed by atoms with Crippen LogP contribution in [0.4, 0.5) is 0 Å². The number of hydrogen-bond donors (Lipinski definition) is 1. The second-order valence-electron chi connectivity index (χ2n) is 11.4. The predicted molar refractivity (Wildman–Crippen MR) is 161 cm³/mol. The molecule has 0 amide bonds. The molecule has 39 heavy (non-hydrogen) atoms. The molecule has 1 atom stereocenters. The lowest BCUT2D eigenvalue weighted by Gasteiger charge is -2.35. The van der Waals surface area contributed by atoms with Crippen molar-refractivity contribution in [2.45, 2.75) is 71.0 Å². The molecule has 1 fully saturated rings. The average molecular weight is 525 g/mol. The van der Waals surface area contributed by atoms with Crippen LogP contribution in [0.2, 0.25) is 0 Å². The summed E-state index contributed by atoms with van der Waals surface area (Å²) in [7, 11) is 0. The van der Waals surface area contributed by atoms with Crippen molar-refractivity contribution in [2.75, 3.05) is 39.3 Å². The van der Waals surface area contributed by atoms with Gasteiger partial charge in [-0.1, -0.05) is 44.0 Å². The van der Waals surface area contributed by atoms with Gasteiger partial charge < -0.3 is 14.8 Å². The van der Waals surface area contributed by atoms with E-state index in [0.29, 0.717) is 6.04 Å². The topological polar surface area (TPSA) is 49.2 Å². The van der Waals surface area contributed by atoms with Crippen molar-refractivity contribution in [3.8, 4) is 0 Å². The SMILES string of the molecule is CCCCCN(Cc1nccc2c3ccccc3n(CCCN3CCNCC3)c12)C1CCCc2cccnc21. The summed E-state index contributed by atoms with van der Waals surface area (Å²) in [6, 6.07) is 15.9. The van der Waals surface area contributed by atoms with Crippen LogP contribution in [0.1, 0.15) is 68.4 Å². The van der Waals surface area contributed by atoms with Gasteiger partial charge in [-0.05, 0) is 69.0 Å². The predicted octanol–water partition coefficient (Wildman–Crippen LogP) is 5.95. The molecule has 0 spiro atoms. The molecule has 1 aliphatic heterocycles. The Bertz CT molecular complexity index is 1370. The molecule has 4 heterocycles. The van der Waals surface area contributed by atoms with Crippen LogP contribution >= 0.6 is 0 Å². The third kappa shape index (κ3) is 5.74. The maximum absolute atomic E-state index is 5.08. The Balaban J connectivity index is 1.34. The summed E-state index contributed by atoms with van der Waals surface area (Å²) < 4.78 is 2.58. The lowest BCUT2D eigenvalue weighted by atomic mass is 9.90. The lowest BCUT2D eigenvalue weighted by Crippen LogP contribution is -2.43. The highest BCUT2D eigenvalue weighted by Gasteiger charge is 2.28. The molecule has 6 rings (SSSR count). The summed E-state index contributed by atoms with van der Waals surface area (Å²) in [5.74, 6) is 0. The van der Waals surface area contributed by atoms with Crippen molar-refractivity contribution < 1.29 is 0 Å². The van der Waals surface area contributed by atoms with Gasteiger partial charge in [-0.3, -0.25) is 14.9 Å². The van der Waals surface area contributed by atoms with Gasteiger partial charge in [0, 0.05) is 68.0 Å². The summed E-state index contributed by atoms with van der Waals surface area (Å²) >= 11 is 0. The van der Waals surface area contributed by atoms with E-state index in [-0.39, 0.29) is 0 Å². The Hall–Kier alpha value is -2.80. The third-order valence-electron chi connectivity index (χ3n) is 8.83. The van der Waals surface area contributed by atoms with Gasteiger partial charge in [-0.25, -0.2) is 0 Å². The second kappa shape index (κ2) is 12.6. The molecule has 6 nitrogen and oxygen atoms in total. The van der Waals surface area contributed by atoms with Gasteiger partial charge in [0.05, 0.1) is 22.9 Å². The monoisotopic (exact) mass is 524 g/mol. The number of nitrogens with one attached hydrogen (secondary N) is 1. The number of piperazine rings is 1. The van der Waals surface area contributed by atoms with Crippen LogP contribution in [-0.4, -0.2) is 63.6 Å². The minimum atomic E-state index is 0.370. The normalized spacial score (nSPS) is 18.3. The van der Waals surface area contributed by atoms with Gasteiger partial charge >= 0.3 is 0 Å². The van der Waals surface area contributed by atoms with E-state index < -0.39 is 0 Å². The Kier molecular flexibility index (Phi) is 8.53. The van der Waals surface area contributed by atoms with Gasteiger partial charge in [-0.15, -0.1) is 0 Å². The number of aromatic nitrogens is 3. The molecule has 1 unspecified atom stereocenters. The van der Waals surface area contributed by atoms with Gasteiger partial charge in [0.1, 0.15) is 0 Å². The number of pyridine rings is 2. The minimum Gasteiger partial charge on any atom is -0.339 e. The standard InChI is InChI=1S/C33H44N6/c1-2-3-6-21-38(31-14-7-10-26-11-8-16-36-32(26)31)25-29-33-28(15-17-35-29)27-12-4-5-13-30(27)39(33)22-9-20-37-23-18-34-19-24-37/h4-5,8,11-13,15-17,31,34H,2-3,6-7,9-10,14,18-25H2,1H3. The molecule has 0 saturated carbocycles. The molecule has 1 aromatic carbocycles. The van der Waals surface area contributed by atoms with E-state index in [1.165, 1.54) is 70.9 Å². The van der Waals surface area contributed by atoms with Gasteiger partial charge in [0.2, 0.25) is 0 Å². The van der Waals surface area contributed by atoms with Crippen LogP contribution in [0.3, 0.4) is 0 Å². The van der Waals surface area contributed by atoms with Gasteiger partial charge in [0.15, 0.2) is 0 Å². The number of para-hydroxylation sites is 1. The summed E-state index contributed by atoms with van der Waals surface area (Å²) in [6.07, 6.45) is 12.5. The molecule has 206 valence electrons. The van der Waals surface area contributed by atoms with Crippen LogP contribution < -0.4 is 5.32 Å². The van der Waals surface area contributed by atoms with Crippen molar-refractivity contribution in [3.63, 3.8) is 0 Å². The second-order valence-corrected chi connectivity index (χ2v) is 11.4. The zero-order chi connectivity index (χ0) is 26.4. The number of fused-ring (bicyclic) bond motifs is 4. The van der Waals surface area contributed by atoms with Gasteiger partial charge in [0.25, 0.3) is 0 Å². The Morgan fingerprint density at radius 3 is 2.72 bits per heavy atom. The van der Waals surface area contributed by atoms with E-state index in [4.69, 9.17) is 9.97 Å². The maximum atomic E-state index is 5.08. The molecule has 1 aliphatic carbocycles. The quantitative estimate of drug-likeness (QED) is 0.246. The van der Waals surface area contributed by atoms with E-state index in [2.05, 4.69) is 69.1 Å². The first-order chi connectivity index (χ1) is 19.3. The summed E-state index contributed by atoms with van der Waals surface area (Å²) in [5, 5.41) is 6.17. The fourth-order valence-electron chi connectivity index (χ4n) is 6.85. The van der Waals surface area contributed by atoms with Crippen LogP contribution in [0.25, 0.3) is 21.8 Å². The molecule has 1 saturated heterocycles. The number of nitrogens with zero attached hydrogens (tertiary/aromatic N) is 5. The molecule has 1 N–H and O–H groups in total. The van der Waals surface area contributed by atoms with Crippen molar-refractivity contribution in [1.82, 2.24) is 29.7 Å². The number of rotatable bonds is 11. The first-order valence-corrected chi connectivity index (χ1v) is 15.3. The fourth-order valence-corrected chi connectivity index (χ4v) is 6.85. The summed E-state index contributed by atoms with van der Waals surface area (Å²) in [6.45, 7) is 11.0. The van der Waals surface area contributed by atoms with E-state index in [1.807, 2.05) is 12.4 Å². The van der Waals surface area contributed by atoms with Crippen molar-refractivity contribution in [1.29, 1.82) is 0 Å². The largest absolute Gasteiger partial charge is 0.339 e. The minimum absolute atomic E-state index is 0.370. The molecule has 0 bridgehead atoms. The number of benzene rings is 1.